The van der Waals surface area contributed by atoms with Gasteiger partial charge in [0.1, 0.15) is 11.5 Å². The van der Waals surface area contributed by atoms with Gasteiger partial charge >= 0.3 is 17.9 Å². The number of carbonyl (C=O) groups is 3. The van der Waals surface area contributed by atoms with Crippen LogP contribution in [0.4, 0.5) is 8.78 Å². The molecule has 0 saturated heterocycles. The number of halogens is 2. The number of rotatable bonds is 11. The summed E-state index contributed by atoms with van der Waals surface area (Å²) in [7, 11) is 0. The van der Waals surface area contributed by atoms with Crippen molar-refractivity contribution in [2.75, 3.05) is 13.6 Å². The molecular weight excluding hydrogens is 514 g/mol. The number of benzene rings is 3. The van der Waals surface area contributed by atoms with Crippen molar-refractivity contribution in [3.05, 3.63) is 102 Å². The monoisotopic (exact) mass is 538 g/mol. The van der Waals surface area contributed by atoms with Gasteiger partial charge in [0, 0.05) is 11.1 Å². The summed E-state index contributed by atoms with van der Waals surface area (Å²) in [6.45, 7) is 8.89. The van der Waals surface area contributed by atoms with E-state index in [2.05, 4.69) is 17.9 Å². The van der Waals surface area contributed by atoms with Gasteiger partial charge in [0.15, 0.2) is 11.6 Å². The van der Waals surface area contributed by atoms with Crippen molar-refractivity contribution >= 4 is 17.9 Å². The maximum Gasteiger partial charge on any atom is 0.346 e. The first-order chi connectivity index (χ1) is 18.6. The van der Waals surface area contributed by atoms with E-state index in [1.54, 1.807) is 36.4 Å². The van der Waals surface area contributed by atoms with E-state index in [-0.39, 0.29) is 23.7 Å². The summed E-state index contributed by atoms with van der Waals surface area (Å²) < 4.78 is 53.8. The van der Waals surface area contributed by atoms with E-state index in [0.29, 0.717) is 5.75 Å². The number of esters is 3. The first-order valence-corrected chi connectivity index (χ1v) is 11.4. The molecule has 0 fully saturated rings. The molecule has 3 aromatic rings. The molecule has 0 aliphatic carbocycles. The van der Waals surface area contributed by atoms with Crippen LogP contribution in [0.2, 0.25) is 0 Å². The van der Waals surface area contributed by atoms with E-state index in [0.717, 1.165) is 23.3 Å². The Morgan fingerprint density at radius 1 is 0.667 bits per heavy atom. The molecule has 39 heavy (non-hydrogen) atoms. The van der Waals surface area contributed by atoms with E-state index in [1.807, 2.05) is 0 Å². The van der Waals surface area contributed by atoms with Crippen LogP contribution >= 0.6 is 0 Å². The lowest BCUT2D eigenvalue weighted by atomic mass is 10.1. The van der Waals surface area contributed by atoms with Crippen molar-refractivity contribution in [3.63, 3.8) is 0 Å². The van der Waals surface area contributed by atoms with Crippen LogP contribution in [0.3, 0.4) is 0 Å². The highest BCUT2D eigenvalue weighted by Crippen LogP contribution is 2.27. The summed E-state index contributed by atoms with van der Waals surface area (Å²) in [4.78, 5) is 35.1. The molecule has 0 unspecified atom stereocenters. The minimum absolute atomic E-state index is 0.106. The predicted molar refractivity (Wildman–Crippen MR) is 136 cm³/mol. The van der Waals surface area contributed by atoms with Gasteiger partial charge in [-0.25, -0.2) is 18.8 Å². The van der Waals surface area contributed by atoms with Gasteiger partial charge in [-0.15, -0.1) is 0 Å². The van der Waals surface area contributed by atoms with Gasteiger partial charge in [0.2, 0.25) is 19.4 Å². The summed E-state index contributed by atoms with van der Waals surface area (Å²) in [5.74, 6) is -5.30. The zero-order valence-corrected chi connectivity index (χ0v) is 21.1. The second-order valence-electron chi connectivity index (χ2n) is 8.13. The van der Waals surface area contributed by atoms with Crippen LogP contribution < -0.4 is 14.2 Å². The lowest BCUT2D eigenvalue weighted by Gasteiger charge is -2.11. The number of hydrogen-bond donors (Lipinski definition) is 0. The fraction of sp³-hybridized carbons (Fsp3) is 0.138. The van der Waals surface area contributed by atoms with Gasteiger partial charge in [-0.3, -0.25) is 0 Å². The Morgan fingerprint density at radius 3 is 1.67 bits per heavy atom. The Morgan fingerprint density at radius 2 is 1.15 bits per heavy atom. The topological polar surface area (TPSA) is 97.4 Å². The highest BCUT2D eigenvalue weighted by molar-refractivity contribution is 5.91. The Balaban J connectivity index is 1.58. The molecule has 0 atom stereocenters. The van der Waals surface area contributed by atoms with Gasteiger partial charge in [-0.1, -0.05) is 37.4 Å². The van der Waals surface area contributed by atoms with Crippen molar-refractivity contribution in [2.24, 2.45) is 0 Å². The highest BCUT2D eigenvalue weighted by Gasteiger charge is 2.21. The predicted octanol–water partition coefficient (Wildman–Crippen LogP) is 5.76. The average molecular weight is 538 g/mol. The number of ether oxygens (including phenoxy) is 5. The van der Waals surface area contributed by atoms with Crippen molar-refractivity contribution < 1.29 is 46.8 Å². The minimum Gasteiger partial charge on any atom is -0.457 e. The van der Waals surface area contributed by atoms with Crippen LogP contribution in [0, 0.1) is 11.6 Å². The van der Waals surface area contributed by atoms with Gasteiger partial charge in [-0.2, -0.15) is 4.39 Å². The van der Waals surface area contributed by atoms with Crippen LogP contribution in [-0.2, 0) is 19.1 Å². The molecule has 0 radical (unpaired) electrons. The molecule has 8 nitrogen and oxygen atoms in total. The standard InChI is InChI=1S/C29H24F2O8/c1-17(2)27(32)37-15-35-21-9-5-19(6-10-21)20-7-11-22(12-8-20)39-29(34)23-13-14-24(26(31)25(23)30)36-16-38-28(33)18(3)4/h5-14H,1,3,15-16H2,2,4H3. The quantitative estimate of drug-likeness (QED) is 0.132. The molecule has 202 valence electrons. The maximum absolute atomic E-state index is 14.5. The van der Waals surface area contributed by atoms with E-state index >= 15 is 0 Å². The van der Waals surface area contributed by atoms with Gasteiger partial charge in [0.25, 0.3) is 0 Å². The molecule has 0 amide bonds. The highest BCUT2D eigenvalue weighted by atomic mass is 19.2. The third-order valence-corrected chi connectivity index (χ3v) is 5.04. The Labute approximate surface area is 223 Å². The maximum atomic E-state index is 14.5. The van der Waals surface area contributed by atoms with E-state index in [1.165, 1.54) is 26.0 Å². The van der Waals surface area contributed by atoms with Crippen LogP contribution in [-0.4, -0.2) is 31.5 Å². The van der Waals surface area contributed by atoms with Crippen LogP contribution in [0.1, 0.15) is 24.2 Å². The largest absolute Gasteiger partial charge is 0.457 e. The third-order valence-electron chi connectivity index (χ3n) is 5.04. The minimum atomic E-state index is -1.47. The third kappa shape index (κ3) is 7.75. The van der Waals surface area contributed by atoms with E-state index in [9.17, 15) is 23.2 Å². The van der Waals surface area contributed by atoms with Gasteiger partial charge in [-0.05, 0) is 61.4 Å². The molecule has 0 heterocycles. The van der Waals surface area contributed by atoms with Crippen LogP contribution in [0.15, 0.2) is 85.0 Å². The van der Waals surface area contributed by atoms with Crippen LogP contribution in [0.25, 0.3) is 11.1 Å². The molecule has 0 aliphatic heterocycles. The molecule has 0 spiro atoms. The SMILES string of the molecule is C=C(C)C(=O)OCOc1ccc(-c2ccc(OC(=O)c3ccc(OCOC(=O)C(=C)C)c(F)c3F)cc2)cc1. The molecule has 3 rings (SSSR count). The van der Waals surface area contributed by atoms with Crippen molar-refractivity contribution in [1.82, 2.24) is 0 Å². The van der Waals surface area contributed by atoms with E-state index in [4.69, 9.17) is 18.9 Å². The Hall–Kier alpha value is -4.99. The second kappa shape index (κ2) is 13.0. The van der Waals surface area contributed by atoms with Crippen LogP contribution in [0.5, 0.6) is 17.2 Å². The normalized spacial score (nSPS) is 10.3. The number of carbonyl (C=O) groups excluding carboxylic acids is 3. The molecule has 10 heteroatoms. The summed E-state index contributed by atoms with van der Waals surface area (Å²) in [6, 6.07) is 15.3. The van der Waals surface area contributed by atoms with E-state index < -0.39 is 47.6 Å². The molecule has 0 aromatic heterocycles. The van der Waals surface area contributed by atoms with Crippen molar-refractivity contribution in [1.29, 1.82) is 0 Å². The number of hydrogen-bond acceptors (Lipinski definition) is 8. The van der Waals surface area contributed by atoms with Gasteiger partial charge < -0.3 is 23.7 Å². The first kappa shape index (κ1) is 28.6. The summed E-state index contributed by atoms with van der Waals surface area (Å²) in [5.41, 5.74) is 1.33. The lowest BCUT2D eigenvalue weighted by Crippen LogP contribution is -2.14. The summed E-state index contributed by atoms with van der Waals surface area (Å²) in [5, 5.41) is 0. The van der Waals surface area contributed by atoms with Gasteiger partial charge in [0.05, 0.1) is 5.56 Å². The lowest BCUT2D eigenvalue weighted by molar-refractivity contribution is -0.146. The molecule has 0 N–H and O–H groups in total. The molecular formula is C29H24F2O8. The fourth-order valence-electron chi connectivity index (χ4n) is 2.97. The Kier molecular flexibility index (Phi) is 9.53. The fourth-order valence-corrected chi connectivity index (χ4v) is 2.97. The summed E-state index contributed by atoms with van der Waals surface area (Å²) in [6.07, 6.45) is 0. The molecule has 0 saturated carbocycles. The van der Waals surface area contributed by atoms with Crippen molar-refractivity contribution in [2.45, 2.75) is 13.8 Å². The van der Waals surface area contributed by atoms with Crippen molar-refractivity contribution in [3.8, 4) is 28.4 Å². The molecule has 0 bridgehead atoms. The Bertz CT molecular complexity index is 1400. The summed E-state index contributed by atoms with van der Waals surface area (Å²) >= 11 is 0. The molecule has 0 aliphatic rings. The zero-order chi connectivity index (χ0) is 28.5. The molecule has 3 aromatic carbocycles. The second-order valence-corrected chi connectivity index (χ2v) is 8.13. The smallest absolute Gasteiger partial charge is 0.346 e. The first-order valence-electron chi connectivity index (χ1n) is 11.4. The average Bonchev–Trinajstić information content (AvgIpc) is 2.91. The zero-order valence-electron chi connectivity index (χ0n) is 21.1.